The number of nitrogens with zero attached hydrogens (tertiary/aromatic N) is 4. The maximum atomic E-state index is 12.4. The fourth-order valence-electron chi connectivity index (χ4n) is 2.67. The number of hydrogen-bond acceptors (Lipinski definition) is 3. The van der Waals surface area contributed by atoms with Crippen LogP contribution in [-0.2, 0) is 13.5 Å². The van der Waals surface area contributed by atoms with Gasteiger partial charge >= 0.3 is 5.69 Å². The van der Waals surface area contributed by atoms with Crippen LogP contribution >= 0.6 is 0 Å². The highest BCUT2D eigenvalue weighted by molar-refractivity contribution is 5.88. The Morgan fingerprint density at radius 1 is 1.14 bits per heavy atom. The van der Waals surface area contributed by atoms with Crippen LogP contribution in [0, 0.1) is 0 Å². The summed E-state index contributed by atoms with van der Waals surface area (Å²) in [5.41, 5.74) is 3.75. The van der Waals surface area contributed by atoms with Crippen LogP contribution in [0.2, 0.25) is 0 Å². The molecule has 6 nitrogen and oxygen atoms in total. The molecule has 0 radical (unpaired) electrons. The fraction of sp³-hybridized carbons (Fsp3) is 0.188. The molecule has 6 heteroatoms. The number of rotatable bonds is 2. The van der Waals surface area contributed by atoms with Crippen LogP contribution in [0.15, 0.2) is 41.3 Å². The molecule has 0 amide bonds. The van der Waals surface area contributed by atoms with Crippen LogP contribution in [-0.4, -0.2) is 23.9 Å². The predicted molar refractivity (Wildman–Crippen MR) is 84.9 cm³/mol. The second-order valence-electron chi connectivity index (χ2n) is 5.27. The van der Waals surface area contributed by atoms with E-state index in [4.69, 9.17) is 0 Å². The predicted octanol–water partition coefficient (Wildman–Crippen LogP) is 2.14. The zero-order valence-electron chi connectivity index (χ0n) is 12.4. The molecule has 0 aliphatic rings. The first-order chi connectivity index (χ1) is 10.7. The van der Waals surface area contributed by atoms with Gasteiger partial charge in [-0.1, -0.05) is 37.3 Å². The van der Waals surface area contributed by atoms with Gasteiger partial charge in [0, 0.05) is 18.8 Å². The lowest BCUT2D eigenvalue weighted by Crippen LogP contribution is -2.24. The van der Waals surface area contributed by atoms with Crippen molar-refractivity contribution in [1.29, 1.82) is 0 Å². The Hall–Kier alpha value is -2.89. The second kappa shape index (κ2) is 4.56. The molecule has 4 aromatic rings. The van der Waals surface area contributed by atoms with Crippen LogP contribution in [0.3, 0.4) is 0 Å². The van der Waals surface area contributed by atoms with E-state index in [1.165, 1.54) is 0 Å². The summed E-state index contributed by atoms with van der Waals surface area (Å²) >= 11 is 0. The number of imidazole rings is 2. The van der Waals surface area contributed by atoms with Gasteiger partial charge < -0.3 is 4.98 Å². The zero-order valence-corrected chi connectivity index (χ0v) is 12.4. The quantitative estimate of drug-likeness (QED) is 0.615. The van der Waals surface area contributed by atoms with Crippen molar-refractivity contribution in [3.8, 4) is 11.4 Å². The molecule has 0 saturated heterocycles. The molecule has 0 spiro atoms. The van der Waals surface area contributed by atoms with E-state index >= 15 is 0 Å². The first-order valence-corrected chi connectivity index (χ1v) is 7.21. The van der Waals surface area contributed by atoms with Crippen molar-refractivity contribution in [2.45, 2.75) is 13.3 Å². The van der Waals surface area contributed by atoms with Gasteiger partial charge in [-0.05, 0) is 6.42 Å². The normalized spacial score (nSPS) is 11.5. The minimum atomic E-state index is -0.138. The average Bonchev–Trinajstić information content (AvgIpc) is 3.17. The average molecular weight is 293 g/mol. The van der Waals surface area contributed by atoms with Crippen molar-refractivity contribution in [2.24, 2.45) is 7.05 Å². The van der Waals surface area contributed by atoms with E-state index in [9.17, 15) is 4.79 Å². The SMILES string of the molecule is CCc1cn2c(=O)n(C)c3nc(-c4ccccc4)[nH]c3c2n1. The number of aromatic nitrogens is 5. The van der Waals surface area contributed by atoms with E-state index < -0.39 is 0 Å². The van der Waals surface area contributed by atoms with E-state index in [0.717, 1.165) is 29.0 Å². The van der Waals surface area contributed by atoms with E-state index in [2.05, 4.69) is 15.0 Å². The Kier molecular flexibility index (Phi) is 2.66. The van der Waals surface area contributed by atoms with Gasteiger partial charge in [-0.3, -0.25) is 4.57 Å². The molecule has 0 bridgehead atoms. The van der Waals surface area contributed by atoms with Gasteiger partial charge in [0.15, 0.2) is 11.3 Å². The standard InChI is InChI=1S/C16H15N5O/c1-3-11-9-21-15(17-11)12-14(20(2)16(21)22)19-13(18-12)10-7-5-4-6-8-10/h4-9H,3H2,1-2H3,(H,18,19). The van der Waals surface area contributed by atoms with Crippen molar-refractivity contribution in [3.05, 3.63) is 52.7 Å². The molecule has 4 rings (SSSR count). The third-order valence-electron chi connectivity index (χ3n) is 3.88. The van der Waals surface area contributed by atoms with Crippen LogP contribution in [0.1, 0.15) is 12.6 Å². The second-order valence-corrected chi connectivity index (χ2v) is 5.27. The highest BCUT2D eigenvalue weighted by Crippen LogP contribution is 2.21. The molecule has 0 aliphatic carbocycles. The molecule has 0 unspecified atom stereocenters. The Morgan fingerprint density at radius 3 is 2.64 bits per heavy atom. The van der Waals surface area contributed by atoms with E-state index in [1.807, 2.05) is 37.3 Å². The first-order valence-electron chi connectivity index (χ1n) is 7.21. The van der Waals surface area contributed by atoms with E-state index in [-0.39, 0.29) is 5.69 Å². The molecule has 0 aliphatic heterocycles. The minimum Gasteiger partial charge on any atom is -0.334 e. The molecule has 3 heterocycles. The number of fused-ring (bicyclic) bond motifs is 3. The molecular weight excluding hydrogens is 278 g/mol. The first kappa shape index (κ1) is 12.8. The van der Waals surface area contributed by atoms with Crippen LogP contribution < -0.4 is 5.69 Å². The number of H-pyrrole nitrogens is 1. The summed E-state index contributed by atoms with van der Waals surface area (Å²) in [6, 6.07) is 9.85. The summed E-state index contributed by atoms with van der Waals surface area (Å²) < 4.78 is 3.13. The van der Waals surface area contributed by atoms with Gasteiger partial charge in [0.1, 0.15) is 11.3 Å². The number of aromatic amines is 1. The number of hydrogen-bond donors (Lipinski definition) is 1. The molecule has 0 saturated carbocycles. The van der Waals surface area contributed by atoms with Crippen molar-refractivity contribution in [2.75, 3.05) is 0 Å². The largest absolute Gasteiger partial charge is 0.335 e. The molecule has 0 atom stereocenters. The Morgan fingerprint density at radius 2 is 1.91 bits per heavy atom. The molecule has 22 heavy (non-hydrogen) atoms. The van der Waals surface area contributed by atoms with Crippen LogP contribution in [0.5, 0.6) is 0 Å². The van der Waals surface area contributed by atoms with Gasteiger partial charge in [0.05, 0.1) is 5.69 Å². The van der Waals surface area contributed by atoms with Gasteiger partial charge in [0.2, 0.25) is 0 Å². The lowest BCUT2D eigenvalue weighted by Gasteiger charge is -1.99. The molecule has 110 valence electrons. The molecule has 0 fully saturated rings. The van der Waals surface area contributed by atoms with Gasteiger partial charge in [-0.2, -0.15) is 0 Å². The molecular formula is C16H15N5O. The monoisotopic (exact) mass is 293 g/mol. The fourth-order valence-corrected chi connectivity index (χ4v) is 2.67. The summed E-state index contributed by atoms with van der Waals surface area (Å²) in [6.45, 7) is 2.02. The number of benzene rings is 1. The summed E-state index contributed by atoms with van der Waals surface area (Å²) in [7, 11) is 1.73. The number of aryl methyl sites for hydroxylation is 2. The molecule has 1 aromatic carbocycles. The van der Waals surface area contributed by atoms with Gasteiger partial charge in [-0.25, -0.2) is 19.2 Å². The van der Waals surface area contributed by atoms with Gasteiger partial charge in [-0.15, -0.1) is 0 Å². The summed E-state index contributed by atoms with van der Waals surface area (Å²) in [4.78, 5) is 24.9. The van der Waals surface area contributed by atoms with E-state index in [0.29, 0.717) is 11.3 Å². The lowest BCUT2D eigenvalue weighted by molar-refractivity contribution is 0.817. The van der Waals surface area contributed by atoms with Gasteiger partial charge in [0.25, 0.3) is 0 Å². The maximum Gasteiger partial charge on any atom is 0.335 e. The number of nitrogens with one attached hydrogen (secondary N) is 1. The zero-order chi connectivity index (χ0) is 15.3. The Labute approximate surface area is 126 Å². The maximum absolute atomic E-state index is 12.4. The smallest absolute Gasteiger partial charge is 0.334 e. The Balaban J connectivity index is 2.11. The minimum absolute atomic E-state index is 0.138. The summed E-state index contributed by atoms with van der Waals surface area (Å²) in [5, 5.41) is 0. The molecule has 1 N–H and O–H groups in total. The van der Waals surface area contributed by atoms with Crippen molar-refractivity contribution in [3.63, 3.8) is 0 Å². The lowest BCUT2D eigenvalue weighted by atomic mass is 10.2. The van der Waals surface area contributed by atoms with E-state index in [1.54, 1.807) is 22.2 Å². The third-order valence-corrected chi connectivity index (χ3v) is 3.88. The summed E-state index contributed by atoms with van der Waals surface area (Å²) in [6.07, 6.45) is 2.58. The van der Waals surface area contributed by atoms with Crippen molar-refractivity contribution in [1.82, 2.24) is 23.9 Å². The highest BCUT2D eigenvalue weighted by atomic mass is 16.1. The Bertz CT molecular complexity index is 1040. The van der Waals surface area contributed by atoms with Crippen LogP contribution in [0.25, 0.3) is 28.2 Å². The van der Waals surface area contributed by atoms with Crippen molar-refractivity contribution < 1.29 is 0 Å². The highest BCUT2D eigenvalue weighted by Gasteiger charge is 2.15. The molecule has 3 aromatic heterocycles. The topological polar surface area (TPSA) is 68.0 Å². The third kappa shape index (κ3) is 1.70. The summed E-state index contributed by atoms with van der Waals surface area (Å²) in [5.74, 6) is 0.736. The van der Waals surface area contributed by atoms with Crippen LogP contribution in [0.4, 0.5) is 0 Å². The van der Waals surface area contributed by atoms with Crippen molar-refractivity contribution >= 4 is 16.8 Å².